The summed E-state index contributed by atoms with van der Waals surface area (Å²) in [6, 6.07) is -0.0532. The molecule has 0 radical (unpaired) electrons. The van der Waals surface area contributed by atoms with Gasteiger partial charge in [0.25, 0.3) is 0 Å². The average molecular weight is 323 g/mol. The highest BCUT2D eigenvalue weighted by Crippen LogP contribution is 2.14. The van der Waals surface area contributed by atoms with Gasteiger partial charge in [-0.1, -0.05) is 0 Å². The fraction of sp³-hybridized carbons (Fsp3) is 0.273. The highest BCUT2D eigenvalue weighted by molar-refractivity contribution is 7.89. The predicted octanol–water partition coefficient (Wildman–Crippen LogP) is 0.259. The highest BCUT2D eigenvalue weighted by Gasteiger charge is 2.28. The zero-order valence-electron chi connectivity index (χ0n) is 10.7. The molecule has 0 aliphatic heterocycles. The third-order valence-corrected chi connectivity index (χ3v) is 3.86. The van der Waals surface area contributed by atoms with Crippen LogP contribution in [0.1, 0.15) is 6.42 Å². The van der Waals surface area contributed by atoms with Crippen LogP contribution in [0.4, 0.5) is 8.78 Å². The lowest BCUT2D eigenvalue weighted by Crippen LogP contribution is -2.42. The molecule has 2 N–H and O–H groups in total. The number of carboxylic acid groups (broad SMARTS) is 1. The van der Waals surface area contributed by atoms with Gasteiger partial charge in [0, 0.05) is 0 Å². The molecule has 7 nitrogen and oxygen atoms in total. The molecule has 0 amide bonds. The second-order valence-electron chi connectivity index (χ2n) is 3.87. The highest BCUT2D eigenvalue weighted by atomic mass is 32.2. The molecule has 0 unspecified atom stereocenters. The summed E-state index contributed by atoms with van der Waals surface area (Å²) in [4.78, 5) is 21.3. The molecule has 0 aliphatic carbocycles. The number of sulfonamides is 1. The Morgan fingerprint density at radius 2 is 1.95 bits per heavy atom. The van der Waals surface area contributed by atoms with Crippen molar-refractivity contribution in [2.24, 2.45) is 0 Å². The van der Waals surface area contributed by atoms with Gasteiger partial charge in [-0.2, -0.15) is 4.72 Å². The number of aliphatic carboxylic acids is 1. The van der Waals surface area contributed by atoms with Crippen LogP contribution in [-0.2, 0) is 24.3 Å². The van der Waals surface area contributed by atoms with Gasteiger partial charge in [-0.15, -0.1) is 0 Å². The van der Waals surface area contributed by atoms with Crippen LogP contribution < -0.4 is 4.72 Å². The number of methoxy groups -OCH3 is 1. The molecule has 0 fully saturated rings. The van der Waals surface area contributed by atoms with Crippen molar-refractivity contribution >= 4 is 22.0 Å². The molecule has 21 heavy (non-hydrogen) atoms. The summed E-state index contributed by atoms with van der Waals surface area (Å²) in [6.07, 6.45) is -0.755. The molecule has 0 aromatic heterocycles. The van der Waals surface area contributed by atoms with E-state index in [9.17, 15) is 26.8 Å². The monoisotopic (exact) mass is 323 g/mol. The van der Waals surface area contributed by atoms with Crippen molar-refractivity contribution in [3.8, 4) is 0 Å². The number of esters is 1. The van der Waals surface area contributed by atoms with Crippen molar-refractivity contribution in [1.82, 2.24) is 4.72 Å². The van der Waals surface area contributed by atoms with Crippen molar-refractivity contribution in [1.29, 1.82) is 0 Å². The Morgan fingerprint density at radius 1 is 1.33 bits per heavy atom. The van der Waals surface area contributed by atoms with Gasteiger partial charge < -0.3 is 9.84 Å². The van der Waals surface area contributed by atoms with Gasteiger partial charge in [-0.25, -0.2) is 17.2 Å². The third-order valence-electron chi connectivity index (χ3n) is 2.40. The summed E-state index contributed by atoms with van der Waals surface area (Å²) >= 11 is 0. The third kappa shape index (κ3) is 4.46. The number of ether oxygens (including phenoxy) is 1. The minimum Gasteiger partial charge on any atom is -0.480 e. The maximum atomic E-state index is 13.0. The molecule has 0 saturated heterocycles. The van der Waals surface area contributed by atoms with E-state index in [2.05, 4.69) is 4.74 Å². The topological polar surface area (TPSA) is 110 Å². The van der Waals surface area contributed by atoms with Crippen molar-refractivity contribution in [3.63, 3.8) is 0 Å². The molecular formula is C11H11F2NO6S. The Bertz CT molecular complexity index is 661. The molecule has 1 rings (SSSR count). The van der Waals surface area contributed by atoms with Gasteiger partial charge in [0.05, 0.1) is 18.4 Å². The molecule has 0 spiro atoms. The zero-order chi connectivity index (χ0) is 16.2. The molecular weight excluding hydrogens is 312 g/mol. The van der Waals surface area contributed by atoms with E-state index in [0.29, 0.717) is 12.1 Å². The van der Waals surface area contributed by atoms with Crippen molar-refractivity contribution < 1.29 is 36.6 Å². The second kappa shape index (κ2) is 6.59. The standard InChI is InChI=1S/C11H11F2NO6S/c1-20-10(15)5-9(11(16)17)14-21(18,19)6-2-3-7(12)8(13)4-6/h2-4,9,14H,5H2,1H3,(H,16,17)/t9-/m0/s1. The Labute approximate surface area is 118 Å². The summed E-state index contributed by atoms with van der Waals surface area (Å²) in [5.41, 5.74) is 0. The lowest BCUT2D eigenvalue weighted by Gasteiger charge is -2.13. The van der Waals surface area contributed by atoms with Crippen LogP contribution in [0, 0.1) is 11.6 Å². The number of halogens is 2. The van der Waals surface area contributed by atoms with Gasteiger partial charge in [0.2, 0.25) is 10.0 Å². The normalized spacial score (nSPS) is 12.7. The first-order valence-corrected chi connectivity index (χ1v) is 6.92. The Kier molecular flexibility index (Phi) is 5.33. The smallest absolute Gasteiger partial charge is 0.322 e. The van der Waals surface area contributed by atoms with E-state index < -0.39 is 51.0 Å². The lowest BCUT2D eigenvalue weighted by atomic mass is 10.2. The average Bonchev–Trinajstić information content (AvgIpc) is 2.40. The first-order chi connectivity index (χ1) is 9.67. The second-order valence-corrected chi connectivity index (χ2v) is 5.58. The molecule has 10 heteroatoms. The quantitative estimate of drug-likeness (QED) is 0.727. The minimum absolute atomic E-state index is 0.398. The number of carbonyl (C=O) groups excluding carboxylic acids is 1. The maximum absolute atomic E-state index is 13.0. The number of hydrogen-bond acceptors (Lipinski definition) is 5. The molecule has 0 aliphatic rings. The zero-order valence-corrected chi connectivity index (χ0v) is 11.5. The number of nitrogens with one attached hydrogen (secondary N) is 1. The SMILES string of the molecule is COC(=O)C[C@H](NS(=O)(=O)c1ccc(F)c(F)c1)C(=O)O. The molecule has 1 aromatic carbocycles. The first-order valence-electron chi connectivity index (χ1n) is 5.44. The van der Waals surface area contributed by atoms with Crippen molar-refractivity contribution in [2.75, 3.05) is 7.11 Å². The summed E-state index contributed by atoms with van der Waals surface area (Å²) in [5, 5.41) is 8.86. The van der Waals surface area contributed by atoms with Crippen LogP contribution in [0.3, 0.4) is 0 Å². The molecule has 0 bridgehead atoms. The molecule has 0 heterocycles. The summed E-state index contributed by atoms with van der Waals surface area (Å²) in [5.74, 6) is -5.22. The fourth-order valence-corrected chi connectivity index (χ4v) is 2.53. The number of rotatable bonds is 6. The van der Waals surface area contributed by atoms with Crippen molar-refractivity contribution in [3.05, 3.63) is 29.8 Å². The van der Waals surface area contributed by atoms with E-state index in [1.807, 2.05) is 0 Å². The first kappa shape index (κ1) is 17.0. The van der Waals surface area contributed by atoms with Gasteiger partial charge >= 0.3 is 11.9 Å². The number of benzene rings is 1. The van der Waals surface area contributed by atoms with Crippen LogP contribution in [0.5, 0.6) is 0 Å². The molecule has 1 atom stereocenters. The Morgan fingerprint density at radius 3 is 2.43 bits per heavy atom. The van der Waals surface area contributed by atoms with Crippen molar-refractivity contribution in [2.45, 2.75) is 17.4 Å². The van der Waals surface area contributed by atoms with Crippen LogP contribution in [0.25, 0.3) is 0 Å². The van der Waals surface area contributed by atoms with E-state index in [4.69, 9.17) is 5.11 Å². The molecule has 116 valence electrons. The maximum Gasteiger partial charge on any atom is 0.322 e. The minimum atomic E-state index is -4.44. The fourth-order valence-electron chi connectivity index (χ4n) is 1.33. The van der Waals surface area contributed by atoms with Gasteiger partial charge in [0.15, 0.2) is 11.6 Å². The largest absolute Gasteiger partial charge is 0.480 e. The number of carboxylic acids is 1. The Balaban J connectivity index is 3.03. The van der Waals surface area contributed by atoms with Gasteiger partial charge in [-0.3, -0.25) is 9.59 Å². The molecule has 1 aromatic rings. The van der Waals surface area contributed by atoms with Crippen LogP contribution in [-0.4, -0.2) is 38.6 Å². The summed E-state index contributed by atoms with van der Waals surface area (Å²) in [7, 11) is -3.44. The predicted molar refractivity (Wildman–Crippen MR) is 64.7 cm³/mol. The van der Waals surface area contributed by atoms with E-state index >= 15 is 0 Å². The van der Waals surface area contributed by atoms with Crippen LogP contribution >= 0.6 is 0 Å². The number of carbonyl (C=O) groups is 2. The van der Waals surface area contributed by atoms with Gasteiger partial charge in [0.1, 0.15) is 6.04 Å². The summed E-state index contributed by atoms with van der Waals surface area (Å²) < 4.78 is 55.4. The van der Waals surface area contributed by atoms with E-state index in [1.54, 1.807) is 4.72 Å². The van der Waals surface area contributed by atoms with Gasteiger partial charge in [-0.05, 0) is 18.2 Å². The molecule has 0 saturated carbocycles. The van der Waals surface area contributed by atoms with Crippen LogP contribution in [0.2, 0.25) is 0 Å². The Hall–Kier alpha value is -2.07. The van der Waals surface area contributed by atoms with Crippen LogP contribution in [0.15, 0.2) is 23.1 Å². The lowest BCUT2D eigenvalue weighted by molar-refractivity contribution is -0.147. The van der Waals surface area contributed by atoms with E-state index in [1.165, 1.54) is 0 Å². The van der Waals surface area contributed by atoms with E-state index in [0.717, 1.165) is 13.2 Å². The number of hydrogen-bond donors (Lipinski definition) is 2. The summed E-state index contributed by atoms with van der Waals surface area (Å²) in [6.45, 7) is 0. The van der Waals surface area contributed by atoms with E-state index in [-0.39, 0.29) is 0 Å².